The molecule has 0 aliphatic rings. The summed E-state index contributed by atoms with van der Waals surface area (Å²) in [6.07, 6.45) is 2.75. The molecule has 0 aliphatic heterocycles. The third kappa shape index (κ3) is 8.61. The Bertz CT molecular complexity index is 1380. The van der Waals surface area contributed by atoms with E-state index in [2.05, 4.69) is 29.7 Å². The number of hydrogen-bond donors (Lipinski definition) is 0. The maximum atomic E-state index is 14.7. The van der Waals surface area contributed by atoms with Gasteiger partial charge in [-0.3, -0.25) is 9.59 Å². The Balaban J connectivity index is 1.55. The molecule has 3 aromatic carbocycles. The summed E-state index contributed by atoms with van der Waals surface area (Å²) < 4.78 is 29.5. The molecule has 0 aliphatic carbocycles. The van der Waals surface area contributed by atoms with E-state index in [1.54, 1.807) is 36.4 Å². The van der Waals surface area contributed by atoms with E-state index >= 15 is 0 Å². The van der Waals surface area contributed by atoms with Crippen LogP contribution in [0.4, 0.5) is 4.39 Å². The summed E-state index contributed by atoms with van der Waals surface area (Å²) in [7, 11) is 0. The van der Waals surface area contributed by atoms with Crippen molar-refractivity contribution in [2.24, 2.45) is 0 Å². The van der Waals surface area contributed by atoms with Gasteiger partial charge in [0.05, 0.1) is 5.56 Å². The Labute approximate surface area is 220 Å². The number of carbonyl (C=O) groups excluding carboxylic acids is 3. The van der Waals surface area contributed by atoms with Crippen molar-refractivity contribution in [2.75, 3.05) is 13.4 Å². The van der Waals surface area contributed by atoms with E-state index in [4.69, 9.17) is 9.47 Å². The average Bonchev–Trinajstić information content (AvgIpc) is 2.94. The first-order chi connectivity index (χ1) is 18.4. The number of carbonyl (C=O) groups is 3. The maximum absolute atomic E-state index is 14.7. The fourth-order valence-electron chi connectivity index (χ4n) is 3.18. The molecule has 0 aromatic heterocycles. The van der Waals surface area contributed by atoms with Gasteiger partial charge in [-0.25, -0.2) is 9.18 Å². The van der Waals surface area contributed by atoms with E-state index in [-0.39, 0.29) is 24.4 Å². The summed E-state index contributed by atoms with van der Waals surface area (Å²) in [6, 6.07) is 19.1. The van der Waals surface area contributed by atoms with Crippen molar-refractivity contribution in [1.82, 2.24) is 0 Å². The van der Waals surface area contributed by atoms with Crippen LogP contribution >= 0.6 is 0 Å². The fraction of sp³-hybridized carbons (Fsp3) is 0.129. The van der Waals surface area contributed by atoms with E-state index in [0.29, 0.717) is 23.3 Å². The summed E-state index contributed by atoms with van der Waals surface area (Å²) in [6.45, 7) is 6.11. The van der Waals surface area contributed by atoms with Gasteiger partial charge in [-0.05, 0) is 65.6 Å². The second-order valence-corrected chi connectivity index (χ2v) is 7.93. The number of rotatable bonds is 11. The fourth-order valence-corrected chi connectivity index (χ4v) is 3.18. The van der Waals surface area contributed by atoms with Gasteiger partial charge in [0.25, 0.3) is 0 Å². The molecule has 7 heteroatoms. The number of benzene rings is 3. The molecule has 0 fully saturated rings. The number of halogens is 1. The minimum absolute atomic E-state index is 0.0833. The SMILES string of the molecule is C=CC(=O)COc1ccc(C#Cc2ccc(-c3ccc(CCC(=O)OCOC(=O)C=C)cc3)cc2F)cc1. The Morgan fingerprint density at radius 3 is 2.21 bits per heavy atom. The van der Waals surface area contributed by atoms with Gasteiger partial charge in [-0.1, -0.05) is 55.3 Å². The molecule has 3 aromatic rings. The molecule has 38 heavy (non-hydrogen) atoms. The van der Waals surface area contributed by atoms with Crippen LogP contribution in [0.3, 0.4) is 0 Å². The smallest absolute Gasteiger partial charge is 0.333 e. The Morgan fingerprint density at radius 1 is 0.842 bits per heavy atom. The van der Waals surface area contributed by atoms with Crippen LogP contribution in [-0.4, -0.2) is 31.1 Å². The largest absolute Gasteiger partial charge is 0.485 e. The highest BCUT2D eigenvalue weighted by atomic mass is 19.1. The van der Waals surface area contributed by atoms with Crippen molar-refractivity contribution in [3.05, 3.63) is 115 Å². The van der Waals surface area contributed by atoms with Crippen molar-refractivity contribution >= 4 is 17.7 Å². The van der Waals surface area contributed by atoms with Crippen molar-refractivity contribution in [3.63, 3.8) is 0 Å². The van der Waals surface area contributed by atoms with Gasteiger partial charge in [-0.15, -0.1) is 0 Å². The van der Waals surface area contributed by atoms with Gasteiger partial charge in [0, 0.05) is 18.1 Å². The third-order valence-corrected chi connectivity index (χ3v) is 5.27. The second kappa shape index (κ2) is 14.0. The number of aryl methyl sites for hydroxylation is 1. The predicted octanol–water partition coefficient (Wildman–Crippen LogP) is 5.19. The Kier molecular flexibility index (Phi) is 10.1. The van der Waals surface area contributed by atoms with Crippen LogP contribution in [0.25, 0.3) is 11.1 Å². The second-order valence-electron chi connectivity index (χ2n) is 7.93. The highest BCUT2D eigenvalue weighted by molar-refractivity contribution is 5.90. The van der Waals surface area contributed by atoms with E-state index < -0.39 is 24.5 Å². The standard InChI is InChI=1S/C31H25FO6/c1-3-27(33)20-36-28-16-8-23(9-17-28)7-13-25-14-15-26(19-29(25)32)24-11-5-22(6-12-24)10-18-31(35)38-21-37-30(34)4-2/h3-6,8-9,11-12,14-17,19H,1-2,10,18,20-21H2. The minimum atomic E-state index is -0.666. The molecule has 0 radical (unpaired) electrons. The first-order valence-corrected chi connectivity index (χ1v) is 11.6. The van der Waals surface area contributed by atoms with Crippen LogP contribution in [0.15, 0.2) is 92.0 Å². The topological polar surface area (TPSA) is 78.9 Å². The molecule has 0 saturated heterocycles. The average molecular weight is 513 g/mol. The predicted molar refractivity (Wildman–Crippen MR) is 141 cm³/mol. The molecule has 0 amide bonds. The summed E-state index contributed by atoms with van der Waals surface area (Å²) >= 11 is 0. The van der Waals surface area contributed by atoms with Gasteiger partial charge in [0.15, 0.2) is 12.4 Å². The lowest BCUT2D eigenvalue weighted by Gasteiger charge is -2.07. The molecule has 192 valence electrons. The maximum Gasteiger partial charge on any atom is 0.333 e. The molecule has 0 heterocycles. The molecule has 0 atom stereocenters. The molecule has 0 saturated carbocycles. The third-order valence-electron chi connectivity index (χ3n) is 5.27. The monoisotopic (exact) mass is 512 g/mol. The van der Waals surface area contributed by atoms with Crippen molar-refractivity contribution in [2.45, 2.75) is 12.8 Å². The molecule has 0 spiro atoms. The van der Waals surface area contributed by atoms with Crippen LogP contribution in [0.5, 0.6) is 5.75 Å². The van der Waals surface area contributed by atoms with Crippen LogP contribution in [0.2, 0.25) is 0 Å². The highest BCUT2D eigenvalue weighted by Gasteiger charge is 2.07. The molecule has 3 rings (SSSR count). The lowest BCUT2D eigenvalue weighted by atomic mass is 10.0. The lowest BCUT2D eigenvalue weighted by molar-refractivity contribution is -0.163. The van der Waals surface area contributed by atoms with E-state index in [1.165, 1.54) is 12.1 Å². The van der Waals surface area contributed by atoms with Crippen molar-refractivity contribution in [3.8, 4) is 28.7 Å². The zero-order valence-corrected chi connectivity index (χ0v) is 20.6. The Morgan fingerprint density at radius 2 is 1.55 bits per heavy atom. The zero-order valence-electron chi connectivity index (χ0n) is 20.6. The number of hydrogen-bond acceptors (Lipinski definition) is 6. The normalized spacial score (nSPS) is 9.92. The Hall–Kier alpha value is -4.96. The number of esters is 2. The van der Waals surface area contributed by atoms with Crippen LogP contribution < -0.4 is 4.74 Å². The highest BCUT2D eigenvalue weighted by Crippen LogP contribution is 2.23. The molecule has 6 nitrogen and oxygen atoms in total. The summed E-state index contributed by atoms with van der Waals surface area (Å²) in [4.78, 5) is 33.9. The first kappa shape index (κ1) is 27.6. The molecular weight excluding hydrogens is 487 g/mol. The lowest BCUT2D eigenvalue weighted by Crippen LogP contribution is -2.11. The quantitative estimate of drug-likeness (QED) is 0.152. The number of ketones is 1. The molecule has 0 unspecified atom stereocenters. The van der Waals surface area contributed by atoms with Crippen molar-refractivity contribution in [1.29, 1.82) is 0 Å². The number of ether oxygens (including phenoxy) is 3. The molecule has 0 N–H and O–H groups in total. The van der Waals surface area contributed by atoms with E-state index in [9.17, 15) is 18.8 Å². The minimum Gasteiger partial charge on any atom is -0.485 e. The summed E-state index contributed by atoms with van der Waals surface area (Å²) in [5.41, 5.74) is 3.35. The molecule has 0 bridgehead atoms. The van der Waals surface area contributed by atoms with Crippen LogP contribution in [0.1, 0.15) is 23.1 Å². The van der Waals surface area contributed by atoms with Gasteiger partial charge < -0.3 is 14.2 Å². The van der Waals surface area contributed by atoms with Crippen LogP contribution in [0, 0.1) is 17.7 Å². The van der Waals surface area contributed by atoms with Gasteiger partial charge >= 0.3 is 11.9 Å². The van der Waals surface area contributed by atoms with Gasteiger partial charge in [-0.2, -0.15) is 0 Å². The van der Waals surface area contributed by atoms with E-state index in [1.807, 2.05) is 24.3 Å². The first-order valence-electron chi connectivity index (χ1n) is 11.6. The van der Waals surface area contributed by atoms with Crippen LogP contribution in [-0.2, 0) is 30.3 Å². The van der Waals surface area contributed by atoms with Gasteiger partial charge in [0.2, 0.25) is 6.79 Å². The van der Waals surface area contributed by atoms with Gasteiger partial charge in [0.1, 0.15) is 11.6 Å². The molecular formula is C31H25FO6. The summed E-state index contributed by atoms with van der Waals surface area (Å²) in [5.74, 6) is 4.47. The van der Waals surface area contributed by atoms with Crippen molar-refractivity contribution < 1.29 is 33.0 Å². The zero-order chi connectivity index (χ0) is 27.3. The summed E-state index contributed by atoms with van der Waals surface area (Å²) in [5, 5.41) is 0. The van der Waals surface area contributed by atoms with E-state index in [0.717, 1.165) is 17.2 Å².